The molecule has 1 aromatic heterocycles. The lowest BCUT2D eigenvalue weighted by Crippen LogP contribution is -2.50. The lowest BCUT2D eigenvalue weighted by atomic mass is 9.79. The van der Waals surface area contributed by atoms with Gasteiger partial charge in [-0.2, -0.15) is 0 Å². The van der Waals surface area contributed by atoms with E-state index < -0.39 is 17.5 Å². The number of carbonyl (C=O) groups is 1. The number of amides is 1. The molecule has 3 fully saturated rings. The fourth-order valence-corrected chi connectivity index (χ4v) is 5.66. The zero-order chi connectivity index (χ0) is 23.5. The fraction of sp³-hybridized carbons (Fsp3) is 0.565. The van der Waals surface area contributed by atoms with Crippen LogP contribution in [-0.2, 0) is 4.74 Å². The van der Waals surface area contributed by atoms with Crippen molar-refractivity contribution < 1.29 is 19.0 Å². The minimum absolute atomic E-state index is 0.000892. The van der Waals surface area contributed by atoms with Gasteiger partial charge in [-0.3, -0.25) is 0 Å². The average molecular weight is 526 g/mol. The Bertz CT molecular complexity index is 1090. The van der Waals surface area contributed by atoms with Crippen molar-refractivity contribution >= 4 is 50.4 Å². The van der Waals surface area contributed by atoms with E-state index in [0.717, 1.165) is 12.0 Å². The van der Waals surface area contributed by atoms with Crippen LogP contribution in [0.5, 0.6) is 0 Å². The number of ether oxygens (including phenoxy) is 1. The first-order valence-corrected chi connectivity index (χ1v) is 12.7. The van der Waals surface area contributed by atoms with Crippen molar-refractivity contribution in [1.82, 2.24) is 9.88 Å². The molecule has 1 aliphatic carbocycles. The summed E-state index contributed by atoms with van der Waals surface area (Å²) in [5.74, 6) is -0.140. The summed E-state index contributed by atoms with van der Waals surface area (Å²) in [4.78, 5) is 19.0. The molecule has 4 atom stereocenters. The normalized spacial score (nSPS) is 23.3. The van der Waals surface area contributed by atoms with Crippen LogP contribution in [0.3, 0.4) is 0 Å². The van der Waals surface area contributed by atoms with Crippen LogP contribution in [-0.4, -0.2) is 51.6 Å². The number of anilines is 1. The SMILES string of the molecule is CSc1nc2c(F)c(Br)c(C)cc2c(N[C@H]2[C@@H]3C[C@H]2N(C(=O)OC(C)(C)C)C3)c1C(C)O. The lowest BCUT2D eigenvalue weighted by Gasteiger charge is -2.39. The van der Waals surface area contributed by atoms with Crippen LogP contribution in [0.1, 0.15) is 51.3 Å². The zero-order valence-corrected chi connectivity index (χ0v) is 21.5. The smallest absolute Gasteiger partial charge is 0.410 e. The molecule has 9 heteroatoms. The third kappa shape index (κ3) is 3.96. The number of hydrogen-bond acceptors (Lipinski definition) is 6. The van der Waals surface area contributed by atoms with Gasteiger partial charge in [-0.1, -0.05) is 0 Å². The Hall–Kier alpha value is -1.58. The number of rotatable bonds is 4. The van der Waals surface area contributed by atoms with E-state index in [2.05, 4.69) is 26.2 Å². The van der Waals surface area contributed by atoms with Gasteiger partial charge in [0.1, 0.15) is 16.1 Å². The highest BCUT2D eigenvalue weighted by atomic mass is 79.9. The molecule has 1 amide bonds. The Morgan fingerprint density at radius 1 is 1.47 bits per heavy atom. The van der Waals surface area contributed by atoms with Gasteiger partial charge in [-0.15, -0.1) is 11.8 Å². The summed E-state index contributed by atoms with van der Waals surface area (Å²) in [6.07, 6.45) is 1.67. The second-order valence-corrected chi connectivity index (χ2v) is 11.3. The number of halogens is 2. The number of aryl methyl sites for hydroxylation is 1. The minimum atomic E-state index is -0.788. The summed E-state index contributed by atoms with van der Waals surface area (Å²) in [5, 5.41) is 15.4. The summed E-state index contributed by atoms with van der Waals surface area (Å²) < 4.78 is 21.1. The van der Waals surface area contributed by atoms with Crippen molar-refractivity contribution in [3.63, 3.8) is 0 Å². The van der Waals surface area contributed by atoms with E-state index in [9.17, 15) is 9.90 Å². The van der Waals surface area contributed by atoms with Crippen LogP contribution in [0.15, 0.2) is 15.6 Å². The summed E-state index contributed by atoms with van der Waals surface area (Å²) in [6.45, 7) is 9.73. The Labute approximate surface area is 200 Å². The first kappa shape index (κ1) is 23.6. The molecule has 174 valence electrons. The topological polar surface area (TPSA) is 74.7 Å². The quantitative estimate of drug-likeness (QED) is 0.503. The fourth-order valence-electron chi connectivity index (χ4n) is 4.69. The van der Waals surface area contributed by atoms with E-state index in [1.54, 1.807) is 11.8 Å². The van der Waals surface area contributed by atoms with Gasteiger partial charge in [0.05, 0.1) is 28.3 Å². The number of aromatic nitrogens is 1. The molecule has 2 bridgehead atoms. The van der Waals surface area contributed by atoms with Crippen LogP contribution >= 0.6 is 27.7 Å². The summed E-state index contributed by atoms with van der Waals surface area (Å²) >= 11 is 4.70. The number of fused-ring (bicyclic) bond motifs is 2. The van der Waals surface area contributed by atoms with E-state index in [1.165, 1.54) is 11.8 Å². The number of carbonyl (C=O) groups excluding carboxylic acids is 1. The van der Waals surface area contributed by atoms with E-state index in [0.29, 0.717) is 32.7 Å². The highest BCUT2D eigenvalue weighted by Gasteiger charge is 2.55. The lowest BCUT2D eigenvalue weighted by molar-refractivity contribution is 0.0239. The summed E-state index contributed by atoms with van der Waals surface area (Å²) in [6, 6.07) is 1.89. The predicted molar refractivity (Wildman–Crippen MR) is 129 cm³/mol. The molecule has 2 N–H and O–H groups in total. The molecule has 3 heterocycles. The second-order valence-electron chi connectivity index (χ2n) is 9.67. The van der Waals surface area contributed by atoms with Crippen LogP contribution in [0, 0.1) is 18.7 Å². The maximum Gasteiger partial charge on any atom is 0.410 e. The van der Waals surface area contributed by atoms with Crippen molar-refractivity contribution in [2.45, 2.75) is 69.9 Å². The van der Waals surface area contributed by atoms with Gasteiger partial charge in [0.25, 0.3) is 0 Å². The van der Waals surface area contributed by atoms with Crippen molar-refractivity contribution in [2.75, 3.05) is 18.1 Å². The molecule has 0 radical (unpaired) electrons. The van der Waals surface area contributed by atoms with Gasteiger partial charge in [-0.25, -0.2) is 14.2 Å². The molecule has 1 saturated carbocycles. The Morgan fingerprint density at radius 3 is 2.75 bits per heavy atom. The molecule has 5 rings (SSSR count). The van der Waals surface area contributed by atoms with E-state index in [4.69, 9.17) is 4.74 Å². The van der Waals surface area contributed by atoms with Crippen molar-refractivity contribution in [3.8, 4) is 0 Å². The van der Waals surface area contributed by atoms with Crippen LogP contribution in [0.2, 0.25) is 0 Å². The van der Waals surface area contributed by atoms with Crippen LogP contribution in [0.25, 0.3) is 10.9 Å². The van der Waals surface area contributed by atoms with Gasteiger partial charge in [0.15, 0.2) is 5.82 Å². The molecule has 0 spiro atoms. The van der Waals surface area contributed by atoms with Crippen LogP contribution < -0.4 is 5.32 Å². The zero-order valence-electron chi connectivity index (χ0n) is 19.1. The number of aliphatic hydroxyl groups excluding tert-OH is 1. The third-order valence-corrected chi connectivity index (χ3v) is 7.86. The van der Waals surface area contributed by atoms with Crippen molar-refractivity contribution in [2.24, 2.45) is 5.92 Å². The van der Waals surface area contributed by atoms with Gasteiger partial charge >= 0.3 is 6.09 Å². The van der Waals surface area contributed by atoms with Gasteiger partial charge in [0, 0.05) is 23.4 Å². The van der Waals surface area contributed by atoms with E-state index >= 15 is 4.39 Å². The minimum Gasteiger partial charge on any atom is -0.444 e. The molecule has 2 aliphatic heterocycles. The number of hydrogen-bond donors (Lipinski definition) is 2. The molecule has 6 nitrogen and oxygen atoms in total. The maximum absolute atomic E-state index is 15.1. The molecular formula is C23H29BrFN3O3S. The van der Waals surface area contributed by atoms with E-state index in [1.807, 2.05) is 40.0 Å². The van der Waals surface area contributed by atoms with Crippen molar-refractivity contribution in [1.29, 1.82) is 0 Å². The molecule has 32 heavy (non-hydrogen) atoms. The number of nitrogens with zero attached hydrogens (tertiary/aromatic N) is 2. The summed E-state index contributed by atoms with van der Waals surface area (Å²) in [5.41, 5.74) is 1.80. The highest BCUT2D eigenvalue weighted by molar-refractivity contribution is 9.10. The van der Waals surface area contributed by atoms with E-state index in [-0.39, 0.29) is 29.6 Å². The first-order chi connectivity index (χ1) is 14.9. The molecule has 1 unspecified atom stereocenters. The number of thioether (sulfide) groups is 1. The molecule has 1 aromatic carbocycles. The standard InChI is InChI=1S/C23H29BrFN3O3S/c1-10-7-13-19(15(11(2)29)21(32-6)27-20(13)17(25)16(10)24)26-18-12-8-14(18)28(9-12)22(30)31-23(3,4)5/h7,11-12,14,18,29H,8-9H2,1-6H3,(H,26,27)/t11?,12-,14-,18+/m1/s1. The molecular weight excluding hydrogens is 497 g/mol. The number of nitrogens with one attached hydrogen (secondary N) is 1. The molecule has 2 saturated heterocycles. The Kier molecular flexibility index (Phi) is 6.13. The highest BCUT2D eigenvalue weighted by Crippen LogP contribution is 2.46. The maximum atomic E-state index is 15.1. The van der Waals surface area contributed by atoms with Crippen LogP contribution in [0.4, 0.5) is 14.9 Å². The number of benzene rings is 1. The summed E-state index contributed by atoms with van der Waals surface area (Å²) in [7, 11) is 0. The third-order valence-electron chi connectivity index (χ3n) is 6.19. The predicted octanol–water partition coefficient (Wildman–Crippen LogP) is 5.64. The largest absolute Gasteiger partial charge is 0.444 e. The Morgan fingerprint density at radius 2 is 2.16 bits per heavy atom. The van der Waals surface area contributed by atoms with Gasteiger partial charge in [0.2, 0.25) is 0 Å². The molecule has 2 aromatic rings. The van der Waals surface area contributed by atoms with Gasteiger partial charge < -0.3 is 20.1 Å². The Balaban J connectivity index is 1.75. The van der Waals surface area contributed by atoms with Gasteiger partial charge in [-0.05, 0) is 74.9 Å². The molecule has 3 aliphatic rings. The number of pyridine rings is 1. The average Bonchev–Trinajstić information content (AvgIpc) is 3.28. The number of aliphatic hydroxyl groups is 1. The van der Waals surface area contributed by atoms with Crippen molar-refractivity contribution in [3.05, 3.63) is 27.5 Å². The second kappa shape index (κ2) is 8.33. The monoisotopic (exact) mass is 525 g/mol. The first-order valence-electron chi connectivity index (χ1n) is 10.7.